The van der Waals surface area contributed by atoms with Gasteiger partial charge >= 0.3 is 0 Å². The van der Waals surface area contributed by atoms with Crippen molar-refractivity contribution in [1.82, 2.24) is 5.01 Å². The van der Waals surface area contributed by atoms with E-state index in [-0.39, 0.29) is 11.6 Å². The topological polar surface area (TPSA) is 32.7 Å². The van der Waals surface area contributed by atoms with Gasteiger partial charge in [0.2, 0.25) is 0 Å². The van der Waals surface area contributed by atoms with Crippen molar-refractivity contribution in [2.45, 2.75) is 19.3 Å². The van der Waals surface area contributed by atoms with Crippen molar-refractivity contribution in [3.8, 4) is 0 Å². The molecule has 1 aromatic rings. The van der Waals surface area contributed by atoms with Gasteiger partial charge < -0.3 is 5.01 Å². The number of allylic oxidation sites excluding steroid dienone is 3. The van der Waals surface area contributed by atoms with Gasteiger partial charge in [-0.1, -0.05) is 12.1 Å². The molecule has 1 aliphatic rings. The van der Waals surface area contributed by atoms with Crippen molar-refractivity contribution in [1.29, 1.82) is 0 Å². The third-order valence-electron chi connectivity index (χ3n) is 3.26. The highest BCUT2D eigenvalue weighted by Crippen LogP contribution is 2.26. The first-order valence-corrected chi connectivity index (χ1v) is 6.97. The van der Waals surface area contributed by atoms with Crippen LogP contribution in [0.1, 0.15) is 24.8 Å². The zero-order valence-corrected chi connectivity index (χ0v) is 12.3. The Hall–Kier alpha value is -2.23. The number of benzene rings is 1. The molecule has 0 N–H and O–H groups in total. The first kappa shape index (κ1) is 15.2. The number of ketones is 1. The van der Waals surface area contributed by atoms with Crippen molar-refractivity contribution < 1.29 is 9.18 Å². The van der Waals surface area contributed by atoms with E-state index in [1.54, 1.807) is 29.4 Å². The summed E-state index contributed by atoms with van der Waals surface area (Å²) in [5.74, 6) is -0.205. The molecule has 1 aromatic carbocycles. The third-order valence-corrected chi connectivity index (χ3v) is 3.26. The van der Waals surface area contributed by atoms with Gasteiger partial charge in [0, 0.05) is 31.5 Å². The Morgan fingerprint density at radius 3 is 2.48 bits per heavy atom. The van der Waals surface area contributed by atoms with E-state index in [1.165, 1.54) is 12.1 Å². The second kappa shape index (κ2) is 6.97. The normalized spacial score (nSPS) is 19.7. The van der Waals surface area contributed by atoms with Crippen molar-refractivity contribution >= 4 is 18.1 Å². The molecule has 0 amide bonds. The summed E-state index contributed by atoms with van der Waals surface area (Å²) in [6.45, 7) is 0. The molecule has 21 heavy (non-hydrogen) atoms. The molecule has 0 saturated heterocycles. The van der Waals surface area contributed by atoms with Gasteiger partial charge in [0.05, 0.1) is 0 Å². The van der Waals surface area contributed by atoms with Crippen LogP contribution < -0.4 is 0 Å². The summed E-state index contributed by atoms with van der Waals surface area (Å²) in [5.41, 5.74) is 2.40. The Morgan fingerprint density at radius 1 is 1.14 bits per heavy atom. The minimum atomic E-state index is -0.271. The van der Waals surface area contributed by atoms with Gasteiger partial charge in [-0.05, 0) is 49.1 Å². The number of Topliss-reactive ketones (excluding diaryl/α,β-unsaturated/α-hetero) is 1. The van der Waals surface area contributed by atoms with Gasteiger partial charge in [-0.2, -0.15) is 5.10 Å². The number of nitrogens with zero attached hydrogens (tertiary/aromatic N) is 2. The fourth-order valence-corrected chi connectivity index (χ4v) is 2.22. The SMILES string of the molecule is CN(C)N=CC=C1CCC/C(=C/c2ccc(F)cc2)C1=O. The number of halogens is 1. The Bertz CT molecular complexity index is 598. The second-order valence-electron chi connectivity index (χ2n) is 5.21. The van der Waals surface area contributed by atoms with Gasteiger partial charge in [0.1, 0.15) is 5.82 Å². The minimum Gasteiger partial charge on any atom is -0.303 e. The summed E-state index contributed by atoms with van der Waals surface area (Å²) in [4.78, 5) is 12.4. The zero-order chi connectivity index (χ0) is 15.2. The fourth-order valence-electron chi connectivity index (χ4n) is 2.22. The lowest BCUT2D eigenvalue weighted by atomic mass is 9.87. The van der Waals surface area contributed by atoms with E-state index in [1.807, 2.05) is 20.2 Å². The molecule has 3 nitrogen and oxygen atoms in total. The van der Waals surface area contributed by atoms with E-state index in [2.05, 4.69) is 5.10 Å². The van der Waals surface area contributed by atoms with E-state index in [0.717, 1.165) is 36.0 Å². The van der Waals surface area contributed by atoms with Crippen LogP contribution in [0.15, 0.2) is 46.6 Å². The number of rotatable bonds is 3. The molecule has 0 radical (unpaired) electrons. The van der Waals surface area contributed by atoms with Crippen molar-refractivity contribution in [3.05, 3.63) is 52.9 Å². The molecule has 0 heterocycles. The second-order valence-corrected chi connectivity index (χ2v) is 5.21. The summed E-state index contributed by atoms with van der Waals surface area (Å²) in [6, 6.07) is 6.17. The third kappa shape index (κ3) is 4.38. The van der Waals surface area contributed by atoms with Crippen LogP contribution in [0.2, 0.25) is 0 Å². The molecule has 0 bridgehead atoms. The summed E-state index contributed by atoms with van der Waals surface area (Å²) in [5, 5.41) is 5.77. The molecular weight excluding hydrogens is 267 g/mol. The number of hydrazone groups is 1. The number of carbonyl (C=O) groups excluding carboxylic acids is 1. The van der Waals surface area contributed by atoms with E-state index in [0.29, 0.717) is 0 Å². The largest absolute Gasteiger partial charge is 0.303 e. The highest BCUT2D eigenvalue weighted by atomic mass is 19.1. The van der Waals surface area contributed by atoms with Crippen LogP contribution in [-0.2, 0) is 4.79 Å². The predicted octanol–water partition coefficient (Wildman–Crippen LogP) is 3.44. The van der Waals surface area contributed by atoms with Crippen LogP contribution >= 0.6 is 0 Å². The lowest BCUT2D eigenvalue weighted by molar-refractivity contribution is -0.112. The van der Waals surface area contributed by atoms with Crippen molar-refractivity contribution in [2.24, 2.45) is 5.10 Å². The molecule has 1 aliphatic carbocycles. The number of hydrogen-bond donors (Lipinski definition) is 0. The molecule has 0 unspecified atom stereocenters. The maximum absolute atomic E-state index is 12.9. The van der Waals surface area contributed by atoms with Gasteiger partial charge in [-0.25, -0.2) is 4.39 Å². The highest BCUT2D eigenvalue weighted by Gasteiger charge is 2.19. The Morgan fingerprint density at radius 2 is 1.81 bits per heavy atom. The lowest BCUT2D eigenvalue weighted by Crippen LogP contribution is -2.12. The smallest absolute Gasteiger partial charge is 0.185 e. The Balaban J connectivity index is 2.18. The Labute approximate surface area is 124 Å². The van der Waals surface area contributed by atoms with Crippen molar-refractivity contribution in [3.63, 3.8) is 0 Å². The number of hydrogen-bond acceptors (Lipinski definition) is 3. The quantitative estimate of drug-likeness (QED) is 0.484. The predicted molar refractivity (Wildman–Crippen MR) is 83.5 cm³/mol. The zero-order valence-electron chi connectivity index (χ0n) is 12.3. The van der Waals surface area contributed by atoms with Gasteiger partial charge in [-0.3, -0.25) is 4.79 Å². The van der Waals surface area contributed by atoms with Gasteiger partial charge in [0.15, 0.2) is 5.78 Å². The summed E-state index contributed by atoms with van der Waals surface area (Å²) < 4.78 is 12.9. The minimum absolute atomic E-state index is 0.0655. The highest BCUT2D eigenvalue weighted by molar-refractivity contribution is 6.13. The first-order chi connectivity index (χ1) is 10.1. The molecule has 0 spiro atoms. The summed E-state index contributed by atoms with van der Waals surface area (Å²) >= 11 is 0. The van der Waals surface area contributed by atoms with Gasteiger partial charge in [-0.15, -0.1) is 0 Å². The fraction of sp³-hybridized carbons (Fsp3) is 0.294. The van der Waals surface area contributed by atoms with E-state index in [9.17, 15) is 9.18 Å². The molecule has 110 valence electrons. The molecule has 0 atom stereocenters. The molecule has 1 saturated carbocycles. The molecule has 4 heteroatoms. The molecule has 0 aromatic heterocycles. The molecular formula is C17H19FN2O. The number of carbonyl (C=O) groups is 1. The molecule has 0 aliphatic heterocycles. The summed E-state index contributed by atoms with van der Waals surface area (Å²) in [6.07, 6.45) is 7.75. The van der Waals surface area contributed by atoms with E-state index in [4.69, 9.17) is 0 Å². The van der Waals surface area contributed by atoms with E-state index >= 15 is 0 Å². The average molecular weight is 286 g/mol. The molecule has 1 fully saturated rings. The van der Waals surface area contributed by atoms with E-state index < -0.39 is 0 Å². The maximum Gasteiger partial charge on any atom is 0.185 e. The van der Waals surface area contributed by atoms with Crippen LogP contribution in [0, 0.1) is 5.82 Å². The van der Waals surface area contributed by atoms with Crippen molar-refractivity contribution in [2.75, 3.05) is 14.1 Å². The van der Waals surface area contributed by atoms with Crippen LogP contribution in [-0.4, -0.2) is 31.1 Å². The lowest BCUT2D eigenvalue weighted by Gasteiger charge is -2.16. The Kier molecular flexibility index (Phi) is 5.04. The summed E-state index contributed by atoms with van der Waals surface area (Å²) in [7, 11) is 3.66. The van der Waals surface area contributed by atoms with Gasteiger partial charge in [0.25, 0.3) is 0 Å². The monoisotopic (exact) mass is 286 g/mol. The molecule has 2 rings (SSSR count). The van der Waals surface area contributed by atoms with Crippen LogP contribution in [0.25, 0.3) is 6.08 Å². The average Bonchev–Trinajstić information content (AvgIpc) is 2.45. The van der Waals surface area contributed by atoms with Crippen LogP contribution in [0.5, 0.6) is 0 Å². The van der Waals surface area contributed by atoms with Crippen LogP contribution in [0.3, 0.4) is 0 Å². The standard InChI is InChI=1S/C17H19FN2O/c1-20(2)19-11-10-14-4-3-5-15(17(14)21)12-13-6-8-16(18)9-7-13/h6-12H,3-5H2,1-2H3/b14-10?,15-12-,19-11?. The maximum atomic E-state index is 12.9. The van der Waals surface area contributed by atoms with Crippen LogP contribution in [0.4, 0.5) is 4.39 Å². The first-order valence-electron chi connectivity index (χ1n) is 6.97.